The number of rotatable bonds is 5. The van der Waals surface area contributed by atoms with E-state index in [0.717, 1.165) is 13.3 Å². The second kappa shape index (κ2) is 6.77. The maximum Gasteiger partial charge on any atom is 0.424 e. The van der Waals surface area contributed by atoms with Crippen LogP contribution in [-0.2, 0) is 4.74 Å². The molecule has 0 aromatic carbocycles. The number of methoxy groups -OCH3 is 1. The number of halogens is 4. The quantitative estimate of drug-likeness (QED) is 0.363. The molecule has 2 N–H and O–H groups in total. The van der Waals surface area contributed by atoms with Crippen molar-refractivity contribution in [3.63, 3.8) is 0 Å². The van der Waals surface area contributed by atoms with Crippen LogP contribution in [-0.4, -0.2) is 19.0 Å². The Bertz CT molecular complexity index is 459. The fourth-order valence-electron chi connectivity index (χ4n) is 1.15. The van der Waals surface area contributed by atoms with E-state index < -0.39 is 23.5 Å². The van der Waals surface area contributed by atoms with Gasteiger partial charge in [-0.15, -0.1) is 0 Å². The molecule has 3 nitrogen and oxygen atoms in total. The van der Waals surface area contributed by atoms with Crippen LogP contribution in [0.2, 0.25) is 0 Å². The van der Waals surface area contributed by atoms with Gasteiger partial charge in [-0.05, 0) is 6.92 Å². The molecule has 0 atom stereocenters. The van der Waals surface area contributed by atoms with Gasteiger partial charge in [0.1, 0.15) is 5.83 Å². The maximum atomic E-state index is 12.9. The van der Waals surface area contributed by atoms with Crippen molar-refractivity contribution in [3.8, 4) is 0 Å². The predicted octanol–water partition coefficient (Wildman–Crippen LogP) is 3.38. The summed E-state index contributed by atoms with van der Waals surface area (Å²) in [5, 5.41) is 0. The topological polar surface area (TPSA) is 47.6 Å². The summed E-state index contributed by atoms with van der Waals surface area (Å²) in [6.07, 6.45) is -2.57. The lowest BCUT2D eigenvalue weighted by molar-refractivity contribution is -0.0943. The van der Waals surface area contributed by atoms with Gasteiger partial charge in [0.05, 0.1) is 7.11 Å². The molecule has 0 bridgehead atoms. The van der Waals surface area contributed by atoms with Crippen LogP contribution in [0.5, 0.6) is 0 Å². The van der Waals surface area contributed by atoms with Crippen LogP contribution >= 0.6 is 0 Å². The van der Waals surface area contributed by atoms with Gasteiger partial charge in [-0.3, -0.25) is 0 Å². The summed E-state index contributed by atoms with van der Waals surface area (Å²) in [7, 11) is 0.945. The molecule has 0 fully saturated rings. The third-order valence-electron chi connectivity index (χ3n) is 2.05. The average Bonchev–Trinajstić information content (AvgIpc) is 2.27. The molecule has 106 valence electrons. The summed E-state index contributed by atoms with van der Waals surface area (Å²) < 4.78 is 55.4. The van der Waals surface area contributed by atoms with Gasteiger partial charge in [0.2, 0.25) is 5.88 Å². The number of hydrogen-bond acceptors (Lipinski definition) is 3. The van der Waals surface area contributed by atoms with E-state index in [-0.39, 0.29) is 5.71 Å². The average molecular weight is 278 g/mol. The second-order valence-corrected chi connectivity index (χ2v) is 3.31. The van der Waals surface area contributed by atoms with Crippen molar-refractivity contribution in [1.82, 2.24) is 0 Å². The number of nitrogens with two attached hydrogens (primary N) is 1. The van der Waals surface area contributed by atoms with Crippen LogP contribution in [0.15, 0.2) is 53.3 Å². The van der Waals surface area contributed by atoms with Crippen molar-refractivity contribution in [3.05, 3.63) is 48.3 Å². The van der Waals surface area contributed by atoms with Crippen LogP contribution in [0.25, 0.3) is 0 Å². The number of aliphatic imine (C=N–C) groups is 1. The molecule has 0 aromatic heterocycles. The fourth-order valence-corrected chi connectivity index (χ4v) is 1.15. The minimum atomic E-state index is -4.97. The van der Waals surface area contributed by atoms with Crippen molar-refractivity contribution >= 4 is 5.71 Å². The molecule has 0 heterocycles. The molecular formula is C12H14F4N2O. The highest BCUT2D eigenvalue weighted by Crippen LogP contribution is 2.34. The first-order chi connectivity index (χ1) is 8.68. The standard InChI is InChI=1S/C12H14F4N2O/c1-5-9(6-17)8(3)18-11(19-4)10(7(2)13)12(14,15)16/h5-6H,1-2,17H2,3-4H3/b9-6+,11-10-,18-8-. The van der Waals surface area contributed by atoms with Gasteiger partial charge in [-0.2, -0.15) is 13.2 Å². The van der Waals surface area contributed by atoms with E-state index >= 15 is 0 Å². The Hall–Kier alpha value is -2.05. The molecule has 0 unspecified atom stereocenters. The Labute approximate surface area is 108 Å². The van der Waals surface area contributed by atoms with Crippen molar-refractivity contribution < 1.29 is 22.3 Å². The van der Waals surface area contributed by atoms with Crippen molar-refractivity contribution in [2.45, 2.75) is 13.1 Å². The number of allylic oxidation sites excluding steroid dienone is 4. The van der Waals surface area contributed by atoms with E-state index in [1.54, 1.807) is 0 Å². The Balaban J connectivity index is 5.95. The Morgan fingerprint density at radius 2 is 1.89 bits per heavy atom. The first-order valence-corrected chi connectivity index (χ1v) is 4.99. The molecule has 0 aromatic rings. The Kier molecular flexibility index (Phi) is 6.04. The molecule has 19 heavy (non-hydrogen) atoms. The summed E-state index contributed by atoms with van der Waals surface area (Å²) in [5.74, 6) is -2.61. The zero-order chi connectivity index (χ0) is 15.2. The van der Waals surface area contributed by atoms with Gasteiger partial charge < -0.3 is 10.5 Å². The highest BCUT2D eigenvalue weighted by molar-refractivity contribution is 6.01. The molecule has 7 heteroatoms. The summed E-state index contributed by atoms with van der Waals surface area (Å²) in [6.45, 7) is 7.43. The van der Waals surface area contributed by atoms with Gasteiger partial charge in [-0.1, -0.05) is 19.2 Å². The first-order valence-electron chi connectivity index (χ1n) is 4.99. The van der Waals surface area contributed by atoms with Crippen molar-refractivity contribution in [2.75, 3.05) is 7.11 Å². The second-order valence-electron chi connectivity index (χ2n) is 3.31. The summed E-state index contributed by atoms with van der Waals surface area (Å²) in [5.41, 5.74) is 3.95. The maximum absolute atomic E-state index is 12.9. The van der Waals surface area contributed by atoms with Gasteiger partial charge in [-0.25, -0.2) is 9.38 Å². The minimum Gasteiger partial charge on any atom is -0.480 e. The molecule has 0 aliphatic carbocycles. The molecule has 0 aliphatic rings. The minimum absolute atomic E-state index is 0.0948. The first kappa shape index (κ1) is 16.9. The van der Waals surface area contributed by atoms with Gasteiger partial charge >= 0.3 is 6.18 Å². The van der Waals surface area contributed by atoms with Gasteiger partial charge in [0.25, 0.3) is 0 Å². The van der Waals surface area contributed by atoms with E-state index in [9.17, 15) is 17.6 Å². The lowest BCUT2D eigenvalue weighted by Crippen LogP contribution is -2.16. The van der Waals surface area contributed by atoms with Crippen molar-refractivity contribution in [2.24, 2.45) is 10.7 Å². The molecule has 0 radical (unpaired) electrons. The molecule has 0 amide bonds. The third-order valence-corrected chi connectivity index (χ3v) is 2.05. The smallest absolute Gasteiger partial charge is 0.424 e. The normalized spacial score (nSPS) is 14.8. The van der Waals surface area contributed by atoms with Crippen LogP contribution < -0.4 is 5.73 Å². The lowest BCUT2D eigenvalue weighted by atomic mass is 10.2. The van der Waals surface area contributed by atoms with Crippen LogP contribution in [0.1, 0.15) is 6.92 Å². The predicted molar refractivity (Wildman–Crippen MR) is 65.9 cm³/mol. The number of nitrogens with zero attached hydrogens (tertiary/aromatic N) is 1. The van der Waals surface area contributed by atoms with E-state index in [2.05, 4.69) is 22.9 Å². The summed E-state index contributed by atoms with van der Waals surface area (Å²) in [6, 6.07) is 0. The highest BCUT2D eigenvalue weighted by Gasteiger charge is 2.40. The van der Waals surface area contributed by atoms with Crippen LogP contribution in [0.4, 0.5) is 17.6 Å². The number of alkyl halides is 3. The molecule has 0 aliphatic heterocycles. The summed E-state index contributed by atoms with van der Waals surface area (Å²) >= 11 is 0. The monoisotopic (exact) mass is 278 g/mol. The Morgan fingerprint density at radius 3 is 2.16 bits per heavy atom. The molecule has 0 rings (SSSR count). The largest absolute Gasteiger partial charge is 0.480 e. The lowest BCUT2D eigenvalue weighted by Gasteiger charge is -2.13. The van der Waals surface area contributed by atoms with Crippen LogP contribution in [0, 0.1) is 0 Å². The highest BCUT2D eigenvalue weighted by atomic mass is 19.4. The van der Waals surface area contributed by atoms with E-state index in [4.69, 9.17) is 5.73 Å². The molecular weight excluding hydrogens is 264 g/mol. The summed E-state index contributed by atoms with van der Waals surface area (Å²) in [4.78, 5) is 3.56. The molecule has 0 spiro atoms. The third kappa shape index (κ3) is 4.61. The van der Waals surface area contributed by atoms with Crippen LogP contribution in [0.3, 0.4) is 0 Å². The molecule has 0 saturated heterocycles. The van der Waals surface area contributed by atoms with E-state index in [1.807, 2.05) is 0 Å². The number of hydrogen-bond donors (Lipinski definition) is 1. The Morgan fingerprint density at radius 1 is 1.37 bits per heavy atom. The molecule has 0 saturated carbocycles. The van der Waals surface area contributed by atoms with E-state index in [1.165, 1.54) is 13.0 Å². The number of ether oxygens (including phenoxy) is 1. The van der Waals surface area contributed by atoms with Crippen molar-refractivity contribution in [1.29, 1.82) is 0 Å². The zero-order valence-corrected chi connectivity index (χ0v) is 10.5. The fraction of sp³-hybridized carbons (Fsp3) is 0.250. The zero-order valence-electron chi connectivity index (χ0n) is 10.5. The SMILES string of the molecule is C=CC(=C\N)/C(C)=N\C(OC)=C(/C(=C)F)C(F)(F)F. The van der Waals surface area contributed by atoms with E-state index in [0.29, 0.717) is 5.57 Å². The van der Waals surface area contributed by atoms with Gasteiger partial charge in [0.15, 0.2) is 5.57 Å². The van der Waals surface area contributed by atoms with Gasteiger partial charge in [0, 0.05) is 17.5 Å².